The lowest BCUT2D eigenvalue weighted by molar-refractivity contribution is -0.116. The average molecular weight is 384 g/mol. The zero-order chi connectivity index (χ0) is 19.9. The number of anilines is 1. The van der Waals surface area contributed by atoms with Gasteiger partial charge in [-0.3, -0.25) is 9.59 Å². The van der Waals surface area contributed by atoms with E-state index in [2.05, 4.69) is 17.3 Å². The summed E-state index contributed by atoms with van der Waals surface area (Å²) in [4.78, 5) is 26.4. The van der Waals surface area contributed by atoms with Crippen LogP contribution in [0.4, 0.5) is 10.1 Å². The van der Waals surface area contributed by atoms with Gasteiger partial charge in [-0.05, 0) is 68.4 Å². The maximum Gasteiger partial charge on any atom is 0.224 e. The molecule has 0 bridgehead atoms. The lowest BCUT2D eigenvalue weighted by atomic mass is 10.1. The quantitative estimate of drug-likeness (QED) is 0.736. The number of hydrogen-bond donors (Lipinski definition) is 1. The number of nitrogens with zero attached hydrogens (tertiary/aromatic N) is 1. The third-order valence-corrected chi connectivity index (χ3v) is 4.85. The topological polar surface area (TPSA) is 58.6 Å². The summed E-state index contributed by atoms with van der Waals surface area (Å²) in [5.74, 6) is -0.0203. The van der Waals surface area contributed by atoms with Gasteiger partial charge in [0.2, 0.25) is 5.91 Å². The molecule has 0 aliphatic carbocycles. The Morgan fingerprint density at radius 1 is 1.04 bits per heavy atom. The van der Waals surface area contributed by atoms with Crippen LogP contribution in [-0.4, -0.2) is 42.8 Å². The molecule has 0 aromatic heterocycles. The minimum atomic E-state index is -0.391. The molecule has 1 aliphatic heterocycles. The van der Waals surface area contributed by atoms with E-state index in [4.69, 9.17) is 4.74 Å². The highest BCUT2D eigenvalue weighted by atomic mass is 19.1. The van der Waals surface area contributed by atoms with E-state index in [-0.39, 0.29) is 30.6 Å². The Morgan fingerprint density at radius 3 is 2.32 bits per heavy atom. The van der Waals surface area contributed by atoms with Crippen LogP contribution in [-0.2, 0) is 4.79 Å². The number of hydrogen-bond acceptors (Lipinski definition) is 4. The van der Waals surface area contributed by atoms with Crippen molar-refractivity contribution in [2.75, 3.05) is 25.5 Å². The van der Waals surface area contributed by atoms with E-state index < -0.39 is 5.82 Å². The Morgan fingerprint density at radius 2 is 1.68 bits per heavy atom. The van der Waals surface area contributed by atoms with E-state index >= 15 is 0 Å². The second-order valence-corrected chi connectivity index (χ2v) is 7.12. The Kier molecular flexibility index (Phi) is 6.76. The zero-order valence-corrected chi connectivity index (χ0v) is 16.0. The molecule has 5 nitrogen and oxygen atoms in total. The maximum atomic E-state index is 12.9. The number of ether oxygens (including phenoxy) is 1. The summed E-state index contributed by atoms with van der Waals surface area (Å²) < 4.78 is 18.9. The van der Waals surface area contributed by atoms with Crippen LogP contribution in [0.2, 0.25) is 0 Å². The predicted molar refractivity (Wildman–Crippen MR) is 106 cm³/mol. The van der Waals surface area contributed by atoms with E-state index in [9.17, 15) is 14.0 Å². The molecule has 1 saturated heterocycles. The van der Waals surface area contributed by atoms with Crippen LogP contribution in [0.1, 0.15) is 36.0 Å². The molecular formula is C22H25FN2O3. The number of Topliss-reactive ketones (excluding diaryl/α,β-unsaturated/α-hetero) is 1. The standard InChI is InChI=1S/C22H25FN2O3/c1-25-14-12-20(13-15-25)28-19-8-6-18(7-9-19)24-22(27)11-10-21(26)16-2-4-17(23)5-3-16/h2-9,20H,10-15H2,1H3,(H,24,27). The molecule has 3 rings (SSSR count). The van der Waals surface area contributed by atoms with Gasteiger partial charge in [0.15, 0.2) is 5.78 Å². The second-order valence-electron chi connectivity index (χ2n) is 7.12. The molecule has 1 amide bonds. The van der Waals surface area contributed by atoms with Crippen molar-refractivity contribution in [1.82, 2.24) is 4.90 Å². The minimum Gasteiger partial charge on any atom is -0.490 e. The Hall–Kier alpha value is -2.73. The van der Waals surface area contributed by atoms with E-state index in [0.717, 1.165) is 31.7 Å². The number of halogens is 1. The van der Waals surface area contributed by atoms with Crippen LogP contribution in [0.25, 0.3) is 0 Å². The number of rotatable bonds is 7. The number of carbonyl (C=O) groups is 2. The summed E-state index contributed by atoms with van der Waals surface area (Å²) in [7, 11) is 2.11. The third kappa shape index (κ3) is 5.89. The van der Waals surface area contributed by atoms with E-state index in [1.807, 2.05) is 12.1 Å². The molecule has 28 heavy (non-hydrogen) atoms. The molecular weight excluding hydrogens is 359 g/mol. The van der Waals surface area contributed by atoms with Crippen molar-refractivity contribution in [1.29, 1.82) is 0 Å². The number of likely N-dealkylation sites (tertiary alicyclic amines) is 1. The molecule has 1 fully saturated rings. The smallest absolute Gasteiger partial charge is 0.224 e. The predicted octanol–water partition coefficient (Wildman–Crippen LogP) is 3.90. The molecule has 6 heteroatoms. The van der Waals surface area contributed by atoms with Gasteiger partial charge in [0.05, 0.1) is 0 Å². The van der Waals surface area contributed by atoms with Crippen LogP contribution in [0.15, 0.2) is 48.5 Å². The van der Waals surface area contributed by atoms with Gasteiger partial charge >= 0.3 is 0 Å². The third-order valence-electron chi connectivity index (χ3n) is 4.85. The van der Waals surface area contributed by atoms with Crippen molar-refractivity contribution in [2.24, 2.45) is 0 Å². The molecule has 1 heterocycles. The fourth-order valence-corrected chi connectivity index (χ4v) is 3.14. The highest BCUT2D eigenvalue weighted by Gasteiger charge is 2.18. The first kappa shape index (κ1) is 20.0. The van der Waals surface area contributed by atoms with Crippen LogP contribution >= 0.6 is 0 Å². The Balaban J connectivity index is 1.43. The van der Waals surface area contributed by atoms with Crippen molar-refractivity contribution in [2.45, 2.75) is 31.8 Å². The second kappa shape index (κ2) is 9.46. The van der Waals surface area contributed by atoms with Crippen molar-refractivity contribution < 1.29 is 18.7 Å². The molecule has 0 unspecified atom stereocenters. The number of amides is 1. The number of carbonyl (C=O) groups excluding carboxylic acids is 2. The molecule has 0 saturated carbocycles. The first-order valence-electron chi connectivity index (χ1n) is 9.53. The summed E-state index contributed by atoms with van der Waals surface area (Å²) in [6.45, 7) is 2.07. The molecule has 1 N–H and O–H groups in total. The van der Waals surface area contributed by atoms with Gasteiger partial charge in [0, 0.05) is 37.2 Å². The Bertz CT molecular complexity index is 798. The summed E-state index contributed by atoms with van der Waals surface area (Å²) in [5.41, 5.74) is 1.07. The van der Waals surface area contributed by atoms with Crippen LogP contribution < -0.4 is 10.1 Å². The SMILES string of the molecule is CN1CCC(Oc2ccc(NC(=O)CCC(=O)c3ccc(F)cc3)cc2)CC1. The molecule has 0 spiro atoms. The van der Waals surface area contributed by atoms with Gasteiger partial charge in [0.1, 0.15) is 17.7 Å². The Labute approximate surface area is 164 Å². The van der Waals surface area contributed by atoms with Crippen LogP contribution in [0, 0.1) is 5.82 Å². The van der Waals surface area contributed by atoms with Gasteiger partial charge < -0.3 is 15.0 Å². The fraction of sp³-hybridized carbons (Fsp3) is 0.364. The van der Waals surface area contributed by atoms with Gasteiger partial charge in [-0.1, -0.05) is 0 Å². The number of nitrogens with one attached hydrogen (secondary N) is 1. The average Bonchev–Trinajstić information content (AvgIpc) is 2.70. The molecule has 2 aromatic carbocycles. The monoisotopic (exact) mass is 384 g/mol. The number of ketones is 1. The van der Waals surface area contributed by atoms with Crippen LogP contribution in [0.3, 0.4) is 0 Å². The number of benzene rings is 2. The normalized spacial score (nSPS) is 15.2. The molecule has 148 valence electrons. The first-order valence-corrected chi connectivity index (χ1v) is 9.53. The summed E-state index contributed by atoms with van der Waals surface area (Å²) in [6.07, 6.45) is 2.40. The van der Waals surface area contributed by atoms with Crippen molar-refractivity contribution in [3.63, 3.8) is 0 Å². The largest absolute Gasteiger partial charge is 0.490 e. The highest BCUT2D eigenvalue weighted by Crippen LogP contribution is 2.21. The van der Waals surface area contributed by atoms with Gasteiger partial charge in [0.25, 0.3) is 0 Å². The van der Waals surface area contributed by atoms with Gasteiger partial charge in [-0.2, -0.15) is 0 Å². The summed E-state index contributed by atoms with van der Waals surface area (Å²) in [5, 5.41) is 2.78. The van der Waals surface area contributed by atoms with Crippen molar-refractivity contribution >= 4 is 17.4 Å². The summed E-state index contributed by atoms with van der Waals surface area (Å²) in [6, 6.07) is 12.6. The number of piperidine rings is 1. The summed E-state index contributed by atoms with van der Waals surface area (Å²) >= 11 is 0. The molecule has 0 atom stereocenters. The maximum absolute atomic E-state index is 12.9. The molecule has 2 aromatic rings. The highest BCUT2D eigenvalue weighted by molar-refractivity contribution is 5.99. The van der Waals surface area contributed by atoms with E-state index in [0.29, 0.717) is 11.3 Å². The molecule has 1 aliphatic rings. The van der Waals surface area contributed by atoms with E-state index in [1.54, 1.807) is 12.1 Å². The lowest BCUT2D eigenvalue weighted by Gasteiger charge is -2.29. The molecule has 0 radical (unpaired) electrons. The van der Waals surface area contributed by atoms with E-state index in [1.165, 1.54) is 24.3 Å². The minimum absolute atomic E-state index is 0.0735. The van der Waals surface area contributed by atoms with Crippen molar-refractivity contribution in [3.05, 3.63) is 59.9 Å². The fourth-order valence-electron chi connectivity index (χ4n) is 3.14. The zero-order valence-electron chi connectivity index (χ0n) is 16.0. The lowest BCUT2D eigenvalue weighted by Crippen LogP contribution is -2.35. The van der Waals surface area contributed by atoms with Gasteiger partial charge in [-0.25, -0.2) is 4.39 Å². The van der Waals surface area contributed by atoms with Crippen molar-refractivity contribution in [3.8, 4) is 5.75 Å². The first-order chi connectivity index (χ1) is 13.5. The van der Waals surface area contributed by atoms with Gasteiger partial charge in [-0.15, -0.1) is 0 Å². The van der Waals surface area contributed by atoms with Crippen LogP contribution in [0.5, 0.6) is 5.75 Å².